The van der Waals surface area contributed by atoms with Crippen molar-refractivity contribution < 1.29 is 0 Å². The summed E-state index contributed by atoms with van der Waals surface area (Å²) in [5.74, 6) is 0.938. The van der Waals surface area contributed by atoms with E-state index in [0.717, 1.165) is 34.1 Å². The van der Waals surface area contributed by atoms with Crippen molar-refractivity contribution in [3.05, 3.63) is 82.0 Å². The van der Waals surface area contributed by atoms with E-state index in [-0.39, 0.29) is 0 Å². The molecule has 2 aromatic heterocycles. The Bertz CT molecular complexity index is 1140. The highest BCUT2D eigenvalue weighted by molar-refractivity contribution is 6.33. The molecule has 0 aliphatic heterocycles. The van der Waals surface area contributed by atoms with E-state index in [9.17, 15) is 0 Å². The van der Waals surface area contributed by atoms with Gasteiger partial charge in [-0.2, -0.15) is 0 Å². The molecule has 0 amide bonds. The lowest BCUT2D eigenvalue weighted by Crippen LogP contribution is -2.02. The van der Waals surface area contributed by atoms with Gasteiger partial charge in [-0.3, -0.25) is 4.40 Å². The Balaban J connectivity index is 2.02. The number of hydrogen-bond donors (Lipinski definition) is 1. The maximum atomic E-state index is 6.52. The maximum Gasteiger partial charge on any atom is 0.143 e. The summed E-state index contributed by atoms with van der Waals surface area (Å²) in [6.07, 6.45) is 0. The Morgan fingerprint density at radius 1 is 0.889 bits per heavy atom. The van der Waals surface area contributed by atoms with Crippen molar-refractivity contribution in [2.45, 2.75) is 27.7 Å². The van der Waals surface area contributed by atoms with Gasteiger partial charge in [0.05, 0.1) is 5.02 Å². The van der Waals surface area contributed by atoms with Gasteiger partial charge in [0, 0.05) is 16.9 Å². The predicted molar refractivity (Wildman–Crippen MR) is 114 cm³/mol. The second-order valence-electron chi connectivity index (χ2n) is 7.05. The fraction of sp³-hybridized carbons (Fsp3) is 0.174. The minimum absolute atomic E-state index is 0.694. The SMILES string of the molecule is Cc1cc(C)n2c(Nc3c(C)cccc3C)c(-c3ccccc3Cl)nc2c1. The number of anilines is 2. The van der Waals surface area contributed by atoms with Crippen LogP contribution in [0.2, 0.25) is 5.02 Å². The first-order valence-corrected chi connectivity index (χ1v) is 9.41. The van der Waals surface area contributed by atoms with Crippen LogP contribution < -0.4 is 5.32 Å². The topological polar surface area (TPSA) is 29.3 Å². The highest BCUT2D eigenvalue weighted by atomic mass is 35.5. The van der Waals surface area contributed by atoms with Crippen LogP contribution in [0.15, 0.2) is 54.6 Å². The number of imidazole rings is 1. The van der Waals surface area contributed by atoms with Crippen LogP contribution in [-0.4, -0.2) is 9.38 Å². The summed E-state index contributed by atoms with van der Waals surface area (Å²) in [4.78, 5) is 4.94. The van der Waals surface area contributed by atoms with Crippen molar-refractivity contribution in [2.24, 2.45) is 0 Å². The molecule has 4 rings (SSSR count). The zero-order chi connectivity index (χ0) is 19.1. The van der Waals surface area contributed by atoms with E-state index >= 15 is 0 Å². The monoisotopic (exact) mass is 375 g/mol. The number of nitrogens with one attached hydrogen (secondary N) is 1. The summed E-state index contributed by atoms with van der Waals surface area (Å²) >= 11 is 6.52. The standard InChI is InChI=1S/C23H22ClN3/c1-14-12-17(4)27-20(13-14)25-22(18-10-5-6-11-19(18)24)23(27)26-21-15(2)8-7-9-16(21)3/h5-13,26H,1-4H3. The van der Waals surface area contributed by atoms with Gasteiger partial charge in [-0.15, -0.1) is 0 Å². The van der Waals surface area contributed by atoms with E-state index in [1.165, 1.54) is 16.7 Å². The molecular formula is C23H22ClN3. The van der Waals surface area contributed by atoms with Crippen LogP contribution in [0.5, 0.6) is 0 Å². The van der Waals surface area contributed by atoms with Gasteiger partial charge in [0.2, 0.25) is 0 Å². The molecule has 0 saturated carbocycles. The number of aryl methyl sites for hydroxylation is 4. The van der Waals surface area contributed by atoms with Crippen molar-refractivity contribution in [3.63, 3.8) is 0 Å². The number of fused-ring (bicyclic) bond motifs is 1. The number of hydrogen-bond acceptors (Lipinski definition) is 2. The Morgan fingerprint density at radius 3 is 2.30 bits per heavy atom. The first-order valence-electron chi connectivity index (χ1n) is 9.03. The lowest BCUT2D eigenvalue weighted by Gasteiger charge is -2.15. The van der Waals surface area contributed by atoms with Crippen LogP contribution in [0.25, 0.3) is 16.9 Å². The van der Waals surface area contributed by atoms with Crippen molar-refractivity contribution in [3.8, 4) is 11.3 Å². The van der Waals surface area contributed by atoms with Crippen molar-refractivity contribution >= 4 is 28.8 Å². The molecule has 136 valence electrons. The molecular weight excluding hydrogens is 354 g/mol. The Hall–Kier alpha value is -2.78. The van der Waals surface area contributed by atoms with E-state index in [2.05, 4.69) is 67.7 Å². The lowest BCUT2D eigenvalue weighted by atomic mass is 10.1. The fourth-order valence-electron chi connectivity index (χ4n) is 3.62. The summed E-state index contributed by atoms with van der Waals surface area (Å²) in [6, 6.07) is 18.4. The van der Waals surface area contributed by atoms with Gasteiger partial charge >= 0.3 is 0 Å². The second kappa shape index (κ2) is 6.75. The highest BCUT2D eigenvalue weighted by Gasteiger charge is 2.19. The molecule has 1 N–H and O–H groups in total. The molecule has 0 unspecified atom stereocenters. The Kier molecular flexibility index (Phi) is 4.40. The van der Waals surface area contributed by atoms with Gasteiger partial charge in [0.15, 0.2) is 0 Å². The van der Waals surface area contributed by atoms with Gasteiger partial charge in [0.1, 0.15) is 17.2 Å². The normalized spacial score (nSPS) is 11.1. The number of aromatic nitrogens is 2. The summed E-state index contributed by atoms with van der Waals surface area (Å²) in [7, 11) is 0. The predicted octanol–water partition coefficient (Wildman–Crippen LogP) is 6.63. The molecule has 2 aromatic carbocycles. The largest absolute Gasteiger partial charge is 0.339 e. The van der Waals surface area contributed by atoms with Gasteiger partial charge in [-0.05, 0) is 62.6 Å². The smallest absolute Gasteiger partial charge is 0.143 e. The zero-order valence-electron chi connectivity index (χ0n) is 16.0. The Labute approximate surface area is 164 Å². The van der Waals surface area contributed by atoms with Crippen LogP contribution in [0.4, 0.5) is 11.5 Å². The van der Waals surface area contributed by atoms with Crippen LogP contribution in [-0.2, 0) is 0 Å². The van der Waals surface area contributed by atoms with E-state index in [1.807, 2.05) is 24.3 Å². The van der Waals surface area contributed by atoms with Gasteiger partial charge in [0.25, 0.3) is 0 Å². The van der Waals surface area contributed by atoms with Crippen LogP contribution >= 0.6 is 11.6 Å². The zero-order valence-corrected chi connectivity index (χ0v) is 16.7. The number of halogens is 1. The molecule has 0 bridgehead atoms. The van der Waals surface area contributed by atoms with Gasteiger partial charge in [-0.25, -0.2) is 4.98 Å². The van der Waals surface area contributed by atoms with E-state index in [4.69, 9.17) is 16.6 Å². The van der Waals surface area contributed by atoms with Gasteiger partial charge in [-0.1, -0.05) is 48.0 Å². The quantitative estimate of drug-likeness (QED) is 0.435. The molecule has 0 spiro atoms. The van der Waals surface area contributed by atoms with E-state index in [0.29, 0.717) is 5.02 Å². The van der Waals surface area contributed by atoms with E-state index in [1.54, 1.807) is 0 Å². The minimum atomic E-state index is 0.694. The third kappa shape index (κ3) is 3.08. The summed E-state index contributed by atoms with van der Waals surface area (Å²) in [6.45, 7) is 8.43. The van der Waals surface area contributed by atoms with Crippen molar-refractivity contribution in [1.82, 2.24) is 9.38 Å². The lowest BCUT2D eigenvalue weighted by molar-refractivity contribution is 1.08. The molecule has 0 atom stereocenters. The number of benzene rings is 2. The highest BCUT2D eigenvalue weighted by Crippen LogP contribution is 2.37. The third-order valence-corrected chi connectivity index (χ3v) is 5.23. The van der Waals surface area contributed by atoms with E-state index < -0.39 is 0 Å². The van der Waals surface area contributed by atoms with Crippen molar-refractivity contribution in [2.75, 3.05) is 5.32 Å². The molecule has 0 saturated heterocycles. The number of para-hydroxylation sites is 1. The third-order valence-electron chi connectivity index (χ3n) is 4.90. The molecule has 2 heterocycles. The first kappa shape index (κ1) is 17.6. The average Bonchev–Trinajstić information content (AvgIpc) is 2.97. The molecule has 4 heteroatoms. The molecule has 4 aromatic rings. The Morgan fingerprint density at radius 2 is 1.59 bits per heavy atom. The number of rotatable bonds is 3. The average molecular weight is 376 g/mol. The minimum Gasteiger partial charge on any atom is -0.339 e. The summed E-state index contributed by atoms with van der Waals surface area (Å²) in [5, 5.41) is 4.35. The second-order valence-corrected chi connectivity index (χ2v) is 7.46. The fourth-order valence-corrected chi connectivity index (χ4v) is 3.84. The van der Waals surface area contributed by atoms with Crippen LogP contribution in [0, 0.1) is 27.7 Å². The molecule has 0 aliphatic carbocycles. The molecule has 0 fully saturated rings. The first-order chi connectivity index (χ1) is 13.0. The molecule has 27 heavy (non-hydrogen) atoms. The summed E-state index contributed by atoms with van der Waals surface area (Å²) < 4.78 is 2.16. The molecule has 0 aliphatic rings. The molecule has 3 nitrogen and oxygen atoms in total. The molecule has 0 radical (unpaired) electrons. The van der Waals surface area contributed by atoms with Crippen molar-refractivity contribution in [1.29, 1.82) is 0 Å². The number of pyridine rings is 1. The van der Waals surface area contributed by atoms with Gasteiger partial charge < -0.3 is 5.32 Å². The van der Waals surface area contributed by atoms with Crippen LogP contribution in [0.3, 0.4) is 0 Å². The van der Waals surface area contributed by atoms with Crippen LogP contribution in [0.1, 0.15) is 22.4 Å². The summed E-state index contributed by atoms with van der Waals surface area (Å²) in [5.41, 5.74) is 8.51. The maximum absolute atomic E-state index is 6.52. The number of nitrogens with zero attached hydrogens (tertiary/aromatic N) is 2.